The van der Waals surface area contributed by atoms with Crippen molar-refractivity contribution in [1.29, 1.82) is 0 Å². The first kappa shape index (κ1) is 8.55. The van der Waals surface area contributed by atoms with Crippen molar-refractivity contribution in [3.63, 3.8) is 0 Å². The monoisotopic (exact) mass is 168 g/mol. The van der Waals surface area contributed by atoms with Crippen LogP contribution in [0.1, 0.15) is 40.5 Å². The zero-order valence-corrected chi connectivity index (χ0v) is 8.59. The lowest BCUT2D eigenvalue weighted by atomic mass is 9.42. The van der Waals surface area contributed by atoms with E-state index in [1.54, 1.807) is 0 Å². The van der Waals surface area contributed by atoms with Gasteiger partial charge >= 0.3 is 0 Å². The summed E-state index contributed by atoms with van der Waals surface area (Å²) in [4.78, 5) is 0. The van der Waals surface area contributed by atoms with Crippen LogP contribution in [0.15, 0.2) is 0 Å². The number of fused-ring (bicyclic) bond motifs is 2. The lowest BCUT2D eigenvalue weighted by Crippen LogP contribution is -2.63. The molecule has 0 radical (unpaired) electrons. The third-order valence-corrected chi connectivity index (χ3v) is 4.81. The van der Waals surface area contributed by atoms with Crippen molar-refractivity contribution < 1.29 is 5.11 Å². The largest absolute Gasteiger partial charge is 0.390 e. The van der Waals surface area contributed by atoms with E-state index in [0.29, 0.717) is 17.3 Å². The molecule has 0 aromatic rings. The maximum Gasteiger partial charge on any atom is 0.0678 e. The van der Waals surface area contributed by atoms with Gasteiger partial charge in [0.15, 0.2) is 0 Å². The highest BCUT2D eigenvalue weighted by Gasteiger charge is 2.61. The van der Waals surface area contributed by atoms with E-state index >= 15 is 0 Å². The highest BCUT2D eigenvalue weighted by atomic mass is 16.3. The molecular formula is C11H20O. The summed E-state index contributed by atoms with van der Waals surface area (Å²) in [5, 5.41) is 10.3. The molecule has 0 aromatic heterocycles. The van der Waals surface area contributed by atoms with Crippen molar-refractivity contribution in [2.75, 3.05) is 0 Å². The fourth-order valence-corrected chi connectivity index (χ4v) is 3.42. The van der Waals surface area contributed by atoms with Crippen LogP contribution in [0.25, 0.3) is 0 Å². The summed E-state index contributed by atoms with van der Waals surface area (Å²) < 4.78 is 0. The summed E-state index contributed by atoms with van der Waals surface area (Å²) in [6, 6.07) is 0. The van der Waals surface area contributed by atoms with Crippen molar-refractivity contribution in [3.8, 4) is 0 Å². The maximum atomic E-state index is 10.3. The fraction of sp³-hybridized carbons (Fsp3) is 1.00. The minimum Gasteiger partial charge on any atom is -0.390 e. The van der Waals surface area contributed by atoms with Gasteiger partial charge in [-0.05, 0) is 42.9 Å². The summed E-state index contributed by atoms with van der Waals surface area (Å²) >= 11 is 0. The Morgan fingerprint density at radius 1 is 1.17 bits per heavy atom. The Balaban J connectivity index is 2.27. The Labute approximate surface area is 75.2 Å². The molecule has 2 bridgehead atoms. The van der Waals surface area contributed by atoms with E-state index in [-0.39, 0.29) is 0 Å². The molecule has 70 valence electrons. The normalized spacial score (nSPS) is 56.2. The second kappa shape index (κ2) is 2.06. The third-order valence-electron chi connectivity index (χ3n) is 4.81. The first-order valence-electron chi connectivity index (χ1n) is 5.09. The van der Waals surface area contributed by atoms with Gasteiger partial charge in [0.2, 0.25) is 0 Å². The van der Waals surface area contributed by atoms with Gasteiger partial charge in [-0.1, -0.05) is 20.8 Å². The van der Waals surface area contributed by atoms with E-state index in [1.165, 1.54) is 12.8 Å². The third kappa shape index (κ3) is 0.783. The van der Waals surface area contributed by atoms with Crippen molar-refractivity contribution in [1.82, 2.24) is 0 Å². The minimum absolute atomic E-state index is 0.399. The van der Waals surface area contributed by atoms with Crippen LogP contribution in [0, 0.1) is 23.2 Å². The van der Waals surface area contributed by atoms with Gasteiger partial charge in [-0.25, -0.2) is 0 Å². The molecule has 0 heterocycles. The van der Waals surface area contributed by atoms with Gasteiger partial charge in [0, 0.05) is 0 Å². The molecule has 3 aliphatic carbocycles. The first-order valence-corrected chi connectivity index (χ1v) is 5.09. The Bertz CT molecular complexity index is 205. The predicted molar refractivity (Wildman–Crippen MR) is 49.8 cm³/mol. The van der Waals surface area contributed by atoms with Crippen LogP contribution in [0.2, 0.25) is 0 Å². The molecule has 0 aromatic carbocycles. The Morgan fingerprint density at radius 3 is 2.08 bits per heavy atom. The molecule has 0 aliphatic heterocycles. The van der Waals surface area contributed by atoms with Gasteiger partial charge < -0.3 is 5.11 Å². The molecule has 12 heavy (non-hydrogen) atoms. The lowest BCUT2D eigenvalue weighted by molar-refractivity contribution is -0.220. The van der Waals surface area contributed by atoms with Crippen LogP contribution in [0.3, 0.4) is 0 Å². The Hall–Kier alpha value is -0.0400. The van der Waals surface area contributed by atoms with Gasteiger partial charge in [-0.2, -0.15) is 0 Å². The van der Waals surface area contributed by atoms with Gasteiger partial charge in [0.1, 0.15) is 0 Å². The zero-order chi connectivity index (χ0) is 9.15. The highest BCUT2D eigenvalue weighted by molar-refractivity contribution is 5.10. The second-order valence-electron chi connectivity index (χ2n) is 5.67. The molecule has 3 aliphatic rings. The summed E-state index contributed by atoms with van der Waals surface area (Å²) in [5.41, 5.74) is -0.00569. The minimum atomic E-state index is -0.405. The number of hydrogen-bond acceptors (Lipinski definition) is 1. The van der Waals surface area contributed by atoms with Gasteiger partial charge in [-0.3, -0.25) is 0 Å². The molecule has 4 atom stereocenters. The lowest BCUT2D eigenvalue weighted by Gasteiger charge is -2.65. The number of rotatable bonds is 0. The molecule has 0 spiro atoms. The predicted octanol–water partition coefficient (Wildman–Crippen LogP) is 2.44. The Morgan fingerprint density at radius 2 is 1.75 bits per heavy atom. The van der Waals surface area contributed by atoms with Crippen LogP contribution < -0.4 is 0 Å². The topological polar surface area (TPSA) is 20.2 Å². The van der Waals surface area contributed by atoms with Gasteiger partial charge in [0.25, 0.3) is 0 Å². The van der Waals surface area contributed by atoms with E-state index in [1.807, 2.05) is 6.92 Å². The van der Waals surface area contributed by atoms with E-state index in [4.69, 9.17) is 0 Å². The molecule has 3 saturated carbocycles. The van der Waals surface area contributed by atoms with E-state index in [0.717, 1.165) is 5.92 Å². The summed E-state index contributed by atoms with van der Waals surface area (Å²) in [5.74, 6) is 1.91. The van der Waals surface area contributed by atoms with Crippen LogP contribution in [-0.4, -0.2) is 10.7 Å². The molecule has 1 N–H and O–H groups in total. The average Bonchev–Trinajstić information content (AvgIpc) is 1.93. The molecular weight excluding hydrogens is 148 g/mol. The molecule has 0 saturated heterocycles. The van der Waals surface area contributed by atoms with Crippen LogP contribution in [0.4, 0.5) is 0 Å². The van der Waals surface area contributed by atoms with Crippen LogP contribution >= 0.6 is 0 Å². The SMILES string of the molecule is C[C@@H]1C[C@@H]2C[C@@H](C2(C)C)[C@]1(C)O. The Kier molecular flexibility index (Phi) is 1.47. The zero-order valence-electron chi connectivity index (χ0n) is 8.59. The standard InChI is InChI=1S/C11H20O/c1-7-5-8-6-9(10(8,2)3)11(7,4)12/h7-9,12H,5-6H2,1-4H3/t7-,8-,9+,11-/m1/s1. The van der Waals surface area contributed by atoms with E-state index in [9.17, 15) is 5.11 Å². The fourth-order valence-electron chi connectivity index (χ4n) is 3.42. The molecule has 1 heteroatoms. The smallest absolute Gasteiger partial charge is 0.0678 e. The summed E-state index contributed by atoms with van der Waals surface area (Å²) in [6.07, 6.45) is 2.47. The highest BCUT2D eigenvalue weighted by Crippen LogP contribution is 2.64. The van der Waals surface area contributed by atoms with Crippen molar-refractivity contribution in [3.05, 3.63) is 0 Å². The average molecular weight is 168 g/mol. The number of hydrogen-bond donors (Lipinski definition) is 1. The first-order chi connectivity index (χ1) is 5.37. The van der Waals surface area contributed by atoms with Gasteiger partial charge in [-0.15, -0.1) is 0 Å². The molecule has 1 nitrogen and oxygen atoms in total. The maximum absolute atomic E-state index is 10.3. The van der Waals surface area contributed by atoms with Crippen LogP contribution in [-0.2, 0) is 0 Å². The van der Waals surface area contributed by atoms with Gasteiger partial charge in [0.05, 0.1) is 5.60 Å². The van der Waals surface area contributed by atoms with Crippen LogP contribution in [0.5, 0.6) is 0 Å². The molecule has 0 amide bonds. The quantitative estimate of drug-likeness (QED) is 0.589. The van der Waals surface area contributed by atoms with E-state index in [2.05, 4.69) is 20.8 Å². The van der Waals surface area contributed by atoms with Crippen molar-refractivity contribution in [2.24, 2.45) is 23.2 Å². The van der Waals surface area contributed by atoms with E-state index < -0.39 is 5.60 Å². The molecule has 0 unspecified atom stereocenters. The van der Waals surface area contributed by atoms with Crippen molar-refractivity contribution >= 4 is 0 Å². The molecule has 3 fully saturated rings. The van der Waals surface area contributed by atoms with Crippen molar-refractivity contribution in [2.45, 2.75) is 46.1 Å². The summed E-state index contributed by atoms with van der Waals surface area (Å²) in [7, 11) is 0. The second-order valence-corrected chi connectivity index (χ2v) is 5.67. The number of aliphatic hydroxyl groups is 1. The molecule has 3 rings (SSSR count). The summed E-state index contributed by atoms with van der Waals surface area (Å²) in [6.45, 7) is 8.84.